The van der Waals surface area contributed by atoms with Crippen LogP contribution in [0.5, 0.6) is 0 Å². The van der Waals surface area contributed by atoms with Crippen molar-refractivity contribution in [3.8, 4) is 0 Å². The Morgan fingerprint density at radius 1 is 0.409 bits per heavy atom. The molecule has 6 aromatic rings. The predicted octanol–water partition coefficient (Wildman–Crippen LogP) is 13.1. The van der Waals surface area contributed by atoms with Crippen molar-refractivity contribution in [2.45, 2.75) is 23.3 Å². The van der Waals surface area contributed by atoms with Crippen molar-refractivity contribution < 1.29 is 0 Å². The van der Waals surface area contributed by atoms with Gasteiger partial charge in [0.1, 0.15) is 0 Å². The molecule has 0 radical (unpaired) electrons. The Morgan fingerprint density at radius 2 is 0.705 bits per heavy atom. The highest BCUT2D eigenvalue weighted by Gasteiger charge is 2.34. The van der Waals surface area contributed by atoms with E-state index >= 15 is 0 Å². The van der Waals surface area contributed by atoms with Gasteiger partial charge in [-0.2, -0.15) is 0 Å². The second-order valence-corrected chi connectivity index (χ2v) is 15.2. The summed E-state index contributed by atoms with van der Waals surface area (Å²) in [6.45, 7) is 0. The Labute approximate surface area is 287 Å². The van der Waals surface area contributed by atoms with Gasteiger partial charge in [0.15, 0.2) is 0 Å². The van der Waals surface area contributed by atoms with E-state index in [0.717, 1.165) is 45.9 Å². The fraction of sp³-hybridized carbons (Fsp3) is 0.158. The number of thioether (sulfide) groups is 2. The maximum absolute atomic E-state index is 6.52. The van der Waals surface area contributed by atoms with Gasteiger partial charge < -0.3 is 0 Å². The summed E-state index contributed by atoms with van der Waals surface area (Å²) in [6.07, 6.45) is 2.01. The van der Waals surface area contributed by atoms with E-state index in [2.05, 4.69) is 84.9 Å². The van der Waals surface area contributed by atoms with Crippen LogP contribution in [-0.4, -0.2) is 11.5 Å². The molecule has 1 aliphatic carbocycles. The van der Waals surface area contributed by atoms with E-state index in [0.29, 0.717) is 20.1 Å². The molecule has 0 bridgehead atoms. The molecule has 0 saturated carbocycles. The molecule has 6 aromatic carbocycles. The minimum atomic E-state index is 0.160. The van der Waals surface area contributed by atoms with Gasteiger partial charge in [-0.15, -0.1) is 23.5 Å². The standard InChI is InChI=1S/C38H28Cl4S2/c39-33-19-25-15-29-31(17-27(25)21-35(33)41)38(44-14-12-24-9-5-2-6-10-24)32-18-28-22-36(42)34(40)20-26(28)16-30(32)37(29)43-13-11-23-7-3-1-4-8-23/h1-10,15-22,37-38H,11-14H2/t37-,38-. The molecule has 0 amide bonds. The monoisotopic (exact) mass is 688 g/mol. The first-order valence-electron chi connectivity index (χ1n) is 14.6. The summed E-state index contributed by atoms with van der Waals surface area (Å²) in [6, 6.07) is 38.8. The molecule has 6 heteroatoms. The van der Waals surface area contributed by atoms with Crippen LogP contribution in [0.1, 0.15) is 43.9 Å². The van der Waals surface area contributed by atoms with E-state index in [1.807, 2.05) is 47.8 Å². The number of halogens is 4. The first-order valence-corrected chi connectivity index (χ1v) is 18.2. The van der Waals surface area contributed by atoms with E-state index in [4.69, 9.17) is 46.4 Å². The van der Waals surface area contributed by atoms with E-state index in [1.54, 1.807) is 0 Å². The lowest BCUT2D eigenvalue weighted by atomic mass is 9.82. The quantitative estimate of drug-likeness (QED) is 0.156. The van der Waals surface area contributed by atoms with Crippen LogP contribution in [0.3, 0.4) is 0 Å². The third kappa shape index (κ3) is 6.23. The topological polar surface area (TPSA) is 0 Å². The van der Waals surface area contributed by atoms with Gasteiger partial charge in [0.25, 0.3) is 0 Å². The minimum Gasteiger partial charge on any atom is -0.149 e. The highest BCUT2D eigenvalue weighted by Crippen LogP contribution is 2.54. The molecule has 0 nitrogen and oxygen atoms in total. The van der Waals surface area contributed by atoms with Crippen molar-refractivity contribution in [1.82, 2.24) is 0 Å². The van der Waals surface area contributed by atoms with Gasteiger partial charge >= 0.3 is 0 Å². The van der Waals surface area contributed by atoms with Gasteiger partial charge in [0, 0.05) is 0 Å². The van der Waals surface area contributed by atoms with Gasteiger partial charge in [-0.1, -0.05) is 107 Å². The third-order valence-corrected chi connectivity index (χ3v) is 12.3. The number of fused-ring (bicyclic) bond motifs is 4. The Morgan fingerprint density at radius 3 is 1.00 bits per heavy atom. The Bertz CT molecular complexity index is 1730. The molecular weight excluding hydrogens is 662 g/mol. The van der Waals surface area contributed by atoms with Crippen LogP contribution in [0.2, 0.25) is 20.1 Å². The molecule has 0 aliphatic heterocycles. The first-order chi connectivity index (χ1) is 21.4. The van der Waals surface area contributed by atoms with E-state index in [-0.39, 0.29) is 10.5 Å². The largest absolute Gasteiger partial charge is 0.149 e. The molecule has 7 rings (SSSR count). The maximum atomic E-state index is 6.52. The van der Waals surface area contributed by atoms with Gasteiger partial charge in [-0.3, -0.25) is 0 Å². The van der Waals surface area contributed by atoms with Gasteiger partial charge in [0.05, 0.1) is 30.6 Å². The van der Waals surface area contributed by atoms with Crippen LogP contribution in [0.15, 0.2) is 109 Å². The average Bonchev–Trinajstić information content (AvgIpc) is 3.03. The fourth-order valence-corrected chi connectivity index (χ4v) is 9.54. The van der Waals surface area contributed by atoms with Crippen LogP contribution in [0.4, 0.5) is 0 Å². The Balaban J connectivity index is 1.36. The maximum Gasteiger partial charge on any atom is 0.0598 e. The molecule has 44 heavy (non-hydrogen) atoms. The zero-order chi connectivity index (χ0) is 30.2. The highest BCUT2D eigenvalue weighted by molar-refractivity contribution is 8.00. The lowest BCUT2D eigenvalue weighted by Gasteiger charge is -2.35. The van der Waals surface area contributed by atoms with Crippen molar-refractivity contribution in [3.05, 3.63) is 163 Å². The van der Waals surface area contributed by atoms with E-state index < -0.39 is 0 Å². The highest BCUT2D eigenvalue weighted by atomic mass is 35.5. The molecule has 0 spiro atoms. The summed E-state index contributed by atoms with van der Waals surface area (Å²) in [5.74, 6) is 2.00. The fourth-order valence-electron chi connectivity index (χ4n) is 6.14. The van der Waals surface area contributed by atoms with E-state index in [1.165, 1.54) is 33.4 Å². The van der Waals surface area contributed by atoms with Gasteiger partial charge in [-0.05, 0) is 128 Å². The summed E-state index contributed by atoms with van der Waals surface area (Å²) in [5, 5.41) is 7.07. The SMILES string of the molecule is Clc1cc2cc3c(cc2cc1Cl)[C@H](SCCc1ccccc1)c1cc2cc(Cl)c(Cl)cc2cc1[C@H]3SCCc1ccccc1. The van der Waals surface area contributed by atoms with E-state index in [9.17, 15) is 0 Å². The number of hydrogen-bond donors (Lipinski definition) is 0. The van der Waals surface area contributed by atoms with Crippen LogP contribution in [-0.2, 0) is 12.8 Å². The number of aryl methyl sites for hydroxylation is 2. The first kappa shape index (κ1) is 30.4. The molecule has 1 aliphatic rings. The Hall–Kier alpha value is -2.30. The van der Waals surface area contributed by atoms with Crippen molar-refractivity contribution in [2.24, 2.45) is 0 Å². The molecule has 0 heterocycles. The molecule has 0 aromatic heterocycles. The lowest BCUT2D eigenvalue weighted by molar-refractivity contribution is 0.970. The van der Waals surface area contributed by atoms with Crippen LogP contribution >= 0.6 is 69.9 Å². The molecule has 220 valence electrons. The molecule has 0 fully saturated rings. The summed E-state index contributed by atoms with van der Waals surface area (Å²) in [5.41, 5.74) is 8.09. The summed E-state index contributed by atoms with van der Waals surface area (Å²) in [4.78, 5) is 0. The van der Waals surface area contributed by atoms with Crippen molar-refractivity contribution >= 4 is 91.5 Å². The number of hydrogen-bond acceptors (Lipinski definition) is 2. The number of benzene rings is 6. The second-order valence-electron chi connectivity index (χ2n) is 11.2. The van der Waals surface area contributed by atoms with Crippen LogP contribution in [0, 0.1) is 0 Å². The Kier molecular flexibility index (Phi) is 9.11. The molecule has 0 N–H and O–H groups in total. The summed E-state index contributed by atoms with van der Waals surface area (Å²) in [7, 11) is 0. The lowest BCUT2D eigenvalue weighted by Crippen LogP contribution is -2.16. The number of rotatable bonds is 8. The minimum absolute atomic E-state index is 0.160. The van der Waals surface area contributed by atoms with Crippen LogP contribution < -0.4 is 0 Å². The molecule has 0 unspecified atom stereocenters. The normalized spacial score (nSPS) is 15.8. The average molecular weight is 691 g/mol. The summed E-state index contributed by atoms with van der Waals surface area (Å²) >= 11 is 30.1. The van der Waals surface area contributed by atoms with Gasteiger partial charge in [-0.25, -0.2) is 0 Å². The summed E-state index contributed by atoms with van der Waals surface area (Å²) < 4.78 is 0. The van der Waals surface area contributed by atoms with Gasteiger partial charge in [0.2, 0.25) is 0 Å². The second kappa shape index (κ2) is 13.2. The molecule has 0 saturated heterocycles. The van der Waals surface area contributed by atoms with Crippen molar-refractivity contribution in [1.29, 1.82) is 0 Å². The van der Waals surface area contributed by atoms with Crippen LogP contribution in [0.25, 0.3) is 21.5 Å². The predicted molar refractivity (Wildman–Crippen MR) is 197 cm³/mol. The molecular formula is C38H28Cl4S2. The zero-order valence-electron chi connectivity index (χ0n) is 23.7. The smallest absolute Gasteiger partial charge is 0.0598 e. The third-order valence-electron chi connectivity index (χ3n) is 8.33. The van der Waals surface area contributed by atoms with Crippen molar-refractivity contribution in [2.75, 3.05) is 11.5 Å². The zero-order valence-corrected chi connectivity index (χ0v) is 28.4. The molecule has 0 atom stereocenters. The van der Waals surface area contributed by atoms with Crippen molar-refractivity contribution in [3.63, 3.8) is 0 Å².